The summed E-state index contributed by atoms with van der Waals surface area (Å²) >= 11 is 18.5. The molecule has 2 rings (SSSR count). The molecule has 0 fully saturated rings. The Morgan fingerprint density at radius 2 is 1.68 bits per heavy atom. The molecular weight excluding hydrogens is 557 g/mol. The first-order valence-electron chi connectivity index (χ1n) is 12.1. The molecule has 0 heterocycles. The number of amides is 2. The molecule has 204 valence electrons. The Balaban J connectivity index is 2.22. The largest absolute Gasteiger partial charge is 0.354 e. The lowest BCUT2D eigenvalue weighted by molar-refractivity contribution is -0.140. The van der Waals surface area contributed by atoms with Gasteiger partial charge >= 0.3 is 0 Å². The minimum absolute atomic E-state index is 0.0312. The highest BCUT2D eigenvalue weighted by Gasteiger charge is 2.27. The van der Waals surface area contributed by atoms with E-state index in [1.807, 2.05) is 6.92 Å². The number of hydrogen-bond donors (Lipinski definition) is 1. The summed E-state index contributed by atoms with van der Waals surface area (Å²) in [6, 6.07) is 9.27. The van der Waals surface area contributed by atoms with E-state index in [0.29, 0.717) is 32.9 Å². The van der Waals surface area contributed by atoms with Gasteiger partial charge in [0.05, 0.1) is 11.9 Å². The monoisotopic (exact) mass is 589 g/mol. The highest BCUT2D eigenvalue weighted by molar-refractivity contribution is 7.92. The minimum Gasteiger partial charge on any atom is -0.354 e. The summed E-state index contributed by atoms with van der Waals surface area (Å²) in [5, 5.41) is 4.14. The average Bonchev–Trinajstić information content (AvgIpc) is 2.82. The number of aryl methyl sites for hydroxylation is 1. The average molecular weight is 591 g/mol. The number of hydrogen-bond acceptors (Lipinski definition) is 4. The third-order valence-corrected chi connectivity index (χ3v) is 7.95. The van der Waals surface area contributed by atoms with Crippen molar-refractivity contribution in [2.45, 2.75) is 59.0 Å². The number of nitrogens with one attached hydrogen (secondary N) is 1. The van der Waals surface area contributed by atoms with Gasteiger partial charge in [0.25, 0.3) is 0 Å². The van der Waals surface area contributed by atoms with E-state index in [-0.39, 0.29) is 37.7 Å². The first-order valence-corrected chi connectivity index (χ1v) is 15.1. The Hall–Kier alpha value is -2.00. The molecule has 0 aromatic heterocycles. The number of carbonyl (C=O) groups is 2. The summed E-state index contributed by atoms with van der Waals surface area (Å²) in [6.07, 6.45) is 3.16. The molecule has 0 unspecified atom stereocenters. The first-order chi connectivity index (χ1) is 17.3. The molecule has 2 aromatic rings. The summed E-state index contributed by atoms with van der Waals surface area (Å²) in [5.41, 5.74) is 1.87. The molecule has 1 N–H and O–H groups in total. The first kappa shape index (κ1) is 31.2. The van der Waals surface area contributed by atoms with Crippen LogP contribution in [0.4, 0.5) is 5.69 Å². The quantitative estimate of drug-likeness (QED) is 0.297. The van der Waals surface area contributed by atoms with Gasteiger partial charge in [-0.15, -0.1) is 0 Å². The van der Waals surface area contributed by atoms with E-state index >= 15 is 0 Å². The molecule has 0 radical (unpaired) electrons. The van der Waals surface area contributed by atoms with Crippen molar-refractivity contribution in [3.63, 3.8) is 0 Å². The summed E-state index contributed by atoms with van der Waals surface area (Å²) < 4.78 is 26.3. The fourth-order valence-electron chi connectivity index (χ4n) is 3.79. The van der Waals surface area contributed by atoms with Crippen molar-refractivity contribution in [1.82, 2.24) is 10.2 Å². The Morgan fingerprint density at radius 3 is 2.30 bits per heavy atom. The third kappa shape index (κ3) is 9.36. The van der Waals surface area contributed by atoms with Crippen molar-refractivity contribution in [1.29, 1.82) is 0 Å². The van der Waals surface area contributed by atoms with Gasteiger partial charge in [-0.25, -0.2) is 8.42 Å². The van der Waals surface area contributed by atoms with Gasteiger partial charge in [0, 0.05) is 41.1 Å². The summed E-state index contributed by atoms with van der Waals surface area (Å²) in [4.78, 5) is 27.6. The molecular formula is C26H34Cl3N3O4S. The maximum absolute atomic E-state index is 13.4. The second-order valence-electron chi connectivity index (χ2n) is 8.95. The zero-order valence-electron chi connectivity index (χ0n) is 21.6. The van der Waals surface area contributed by atoms with Gasteiger partial charge in [0.15, 0.2) is 0 Å². The molecule has 0 aliphatic heterocycles. The number of anilines is 1. The molecule has 0 bridgehead atoms. The van der Waals surface area contributed by atoms with Crippen LogP contribution < -0.4 is 9.62 Å². The van der Waals surface area contributed by atoms with E-state index in [9.17, 15) is 18.0 Å². The summed E-state index contributed by atoms with van der Waals surface area (Å²) in [6.45, 7) is 6.20. The topological polar surface area (TPSA) is 86.8 Å². The maximum atomic E-state index is 13.4. The second-order valence-corrected chi connectivity index (χ2v) is 12.1. The fourth-order valence-corrected chi connectivity index (χ4v) is 5.44. The van der Waals surface area contributed by atoms with E-state index in [4.69, 9.17) is 34.8 Å². The van der Waals surface area contributed by atoms with Crippen LogP contribution in [0, 0.1) is 6.92 Å². The Labute approximate surface area is 235 Å². The highest BCUT2D eigenvalue weighted by Crippen LogP contribution is 2.27. The SMILES string of the molecule is CCCCNC(=O)[C@@H](C)N(Cc1ccc(Cl)cc1Cl)C(=O)CCCN(c1cc(Cl)ccc1C)S(C)(=O)=O. The number of rotatable bonds is 13. The zero-order valence-corrected chi connectivity index (χ0v) is 24.6. The molecule has 11 heteroatoms. The standard InChI is InChI=1S/C26H34Cl3N3O4S/c1-5-6-13-30-26(34)19(3)31(17-20-10-12-21(27)15-23(20)29)25(33)8-7-14-32(37(4,35)36)24-16-22(28)11-9-18(24)2/h9-12,15-16,19H,5-8,13-14,17H2,1-4H3,(H,30,34)/t19-/m1/s1. The van der Waals surface area contributed by atoms with E-state index < -0.39 is 16.1 Å². The van der Waals surface area contributed by atoms with Crippen LogP contribution in [-0.2, 0) is 26.2 Å². The Kier molecular flexibility index (Phi) is 12.0. The van der Waals surface area contributed by atoms with Gasteiger partial charge in [-0.3, -0.25) is 13.9 Å². The number of benzene rings is 2. The van der Waals surface area contributed by atoms with E-state index in [0.717, 1.165) is 24.7 Å². The van der Waals surface area contributed by atoms with Crippen LogP contribution in [0.1, 0.15) is 50.7 Å². The molecule has 37 heavy (non-hydrogen) atoms. The molecule has 2 amide bonds. The number of halogens is 3. The number of sulfonamides is 1. The summed E-state index contributed by atoms with van der Waals surface area (Å²) in [7, 11) is -3.62. The summed E-state index contributed by atoms with van der Waals surface area (Å²) in [5.74, 6) is -0.556. The smallest absolute Gasteiger partial charge is 0.242 e. The predicted octanol–water partition coefficient (Wildman–Crippen LogP) is 5.84. The molecule has 0 saturated carbocycles. The number of carbonyl (C=O) groups excluding carboxylic acids is 2. The molecule has 1 atom stereocenters. The molecule has 2 aromatic carbocycles. The van der Waals surface area contributed by atoms with Gasteiger partial charge < -0.3 is 10.2 Å². The van der Waals surface area contributed by atoms with Crippen LogP contribution in [0.2, 0.25) is 15.1 Å². The predicted molar refractivity (Wildman–Crippen MR) is 152 cm³/mol. The molecule has 0 saturated heterocycles. The van der Waals surface area contributed by atoms with E-state index in [1.54, 1.807) is 50.2 Å². The minimum atomic E-state index is -3.62. The molecule has 7 nitrogen and oxygen atoms in total. The van der Waals surface area contributed by atoms with Gasteiger partial charge in [-0.05, 0) is 62.1 Å². The van der Waals surface area contributed by atoms with Crippen molar-refractivity contribution in [2.75, 3.05) is 23.7 Å². The Morgan fingerprint density at radius 1 is 1.03 bits per heavy atom. The maximum Gasteiger partial charge on any atom is 0.242 e. The highest BCUT2D eigenvalue weighted by atomic mass is 35.5. The second kappa shape index (κ2) is 14.2. The number of unbranched alkanes of at least 4 members (excludes halogenated alkanes) is 1. The van der Waals surface area contributed by atoms with Gasteiger partial charge in [-0.2, -0.15) is 0 Å². The van der Waals surface area contributed by atoms with Gasteiger partial charge in [0.2, 0.25) is 21.8 Å². The normalized spacial score (nSPS) is 12.2. The van der Waals surface area contributed by atoms with Gasteiger partial charge in [-0.1, -0.05) is 60.3 Å². The van der Waals surface area contributed by atoms with Crippen molar-refractivity contribution in [2.24, 2.45) is 0 Å². The van der Waals surface area contributed by atoms with Crippen LogP contribution >= 0.6 is 34.8 Å². The van der Waals surface area contributed by atoms with Crippen LogP contribution in [0.5, 0.6) is 0 Å². The lowest BCUT2D eigenvalue weighted by atomic mass is 10.1. The van der Waals surface area contributed by atoms with Crippen molar-refractivity contribution in [3.05, 3.63) is 62.6 Å². The lowest BCUT2D eigenvalue weighted by Crippen LogP contribution is -2.48. The van der Waals surface area contributed by atoms with E-state index in [1.165, 1.54) is 9.21 Å². The Bertz CT molecular complexity index is 1210. The fraction of sp³-hybridized carbons (Fsp3) is 0.462. The number of nitrogens with zero attached hydrogens (tertiary/aromatic N) is 2. The van der Waals surface area contributed by atoms with Crippen LogP contribution in [-0.4, -0.2) is 50.5 Å². The van der Waals surface area contributed by atoms with Crippen molar-refractivity contribution < 1.29 is 18.0 Å². The third-order valence-electron chi connectivity index (χ3n) is 5.94. The zero-order chi connectivity index (χ0) is 27.8. The molecule has 0 spiro atoms. The van der Waals surface area contributed by atoms with Crippen molar-refractivity contribution in [3.8, 4) is 0 Å². The molecule has 0 aliphatic carbocycles. The van der Waals surface area contributed by atoms with Crippen molar-refractivity contribution >= 4 is 62.3 Å². The van der Waals surface area contributed by atoms with E-state index in [2.05, 4.69) is 5.32 Å². The molecule has 0 aliphatic rings. The van der Waals surface area contributed by atoms with Crippen LogP contribution in [0.3, 0.4) is 0 Å². The lowest BCUT2D eigenvalue weighted by Gasteiger charge is -2.30. The van der Waals surface area contributed by atoms with Gasteiger partial charge in [0.1, 0.15) is 6.04 Å². The van der Waals surface area contributed by atoms with Crippen LogP contribution in [0.25, 0.3) is 0 Å². The van der Waals surface area contributed by atoms with Crippen LogP contribution in [0.15, 0.2) is 36.4 Å².